The number of hydrogen-bond acceptors (Lipinski definition) is 3. The molecule has 0 spiro atoms. The number of carbonyl (C=O) groups excluding carboxylic acids is 1. The zero-order valence-electron chi connectivity index (χ0n) is 16.2. The maximum atomic E-state index is 13.4. The quantitative estimate of drug-likeness (QED) is 0.465. The number of halogens is 3. The van der Waals surface area contributed by atoms with Gasteiger partial charge in [-0.3, -0.25) is 4.79 Å². The molecule has 7 heteroatoms. The molecular formula is C24H17F3N2O2. The van der Waals surface area contributed by atoms with Crippen molar-refractivity contribution in [2.24, 2.45) is 4.99 Å². The van der Waals surface area contributed by atoms with E-state index in [0.717, 1.165) is 11.6 Å². The van der Waals surface area contributed by atoms with Gasteiger partial charge in [-0.1, -0.05) is 60.7 Å². The van der Waals surface area contributed by atoms with E-state index in [-0.39, 0.29) is 23.3 Å². The largest absolute Gasteiger partial charge is 0.438 e. The van der Waals surface area contributed by atoms with Crippen molar-refractivity contribution in [2.45, 2.75) is 12.7 Å². The highest BCUT2D eigenvalue weighted by Crippen LogP contribution is 2.35. The Morgan fingerprint density at radius 1 is 0.903 bits per heavy atom. The van der Waals surface area contributed by atoms with Gasteiger partial charge in [0.15, 0.2) is 0 Å². The van der Waals surface area contributed by atoms with E-state index in [2.05, 4.69) is 10.3 Å². The molecule has 156 valence electrons. The molecule has 1 amide bonds. The molecule has 0 fully saturated rings. The topological polar surface area (TPSA) is 54.6 Å². The van der Waals surface area contributed by atoms with E-state index in [1.54, 1.807) is 30.3 Å². The molecule has 1 N–H and O–H groups in total. The minimum Gasteiger partial charge on any atom is -0.438 e. The Labute approximate surface area is 175 Å². The number of fused-ring (bicyclic) bond motifs is 1. The van der Waals surface area contributed by atoms with E-state index in [4.69, 9.17) is 4.42 Å². The van der Waals surface area contributed by atoms with Crippen molar-refractivity contribution in [2.75, 3.05) is 0 Å². The summed E-state index contributed by atoms with van der Waals surface area (Å²) in [5, 5.41) is 3.40. The van der Waals surface area contributed by atoms with Gasteiger partial charge in [-0.25, -0.2) is 4.99 Å². The van der Waals surface area contributed by atoms with Gasteiger partial charge in [0.05, 0.1) is 11.3 Å². The number of amides is 1. The molecule has 31 heavy (non-hydrogen) atoms. The number of nitrogens with zero attached hydrogens (tertiary/aromatic N) is 1. The third kappa shape index (κ3) is 4.66. The second-order valence-electron chi connectivity index (χ2n) is 6.80. The first-order valence-corrected chi connectivity index (χ1v) is 9.48. The second kappa shape index (κ2) is 8.47. The number of carbonyl (C=O) groups is 1. The Hall–Kier alpha value is -3.87. The Bertz CT molecular complexity index is 1300. The standard InChI is InChI=1S/C24H17F3N2O2/c25-24(26,27)19-11-5-6-12-20(19)29-23-18(14-17-10-4-7-13-21(17)31-23)22(30)28-15-16-8-2-1-3-9-16/h1-14H,15H2,(H,28,30). The maximum Gasteiger partial charge on any atom is 0.418 e. The van der Waals surface area contributed by atoms with Crippen LogP contribution in [0.25, 0.3) is 11.0 Å². The first-order chi connectivity index (χ1) is 14.9. The van der Waals surface area contributed by atoms with Crippen LogP contribution < -0.4 is 10.9 Å². The van der Waals surface area contributed by atoms with Crippen LogP contribution >= 0.6 is 0 Å². The summed E-state index contributed by atoms with van der Waals surface area (Å²) in [6, 6.07) is 22.7. The highest BCUT2D eigenvalue weighted by molar-refractivity contribution is 5.96. The molecule has 0 bridgehead atoms. The lowest BCUT2D eigenvalue weighted by atomic mass is 10.1. The molecule has 0 saturated heterocycles. The zero-order chi connectivity index (χ0) is 21.8. The lowest BCUT2D eigenvalue weighted by molar-refractivity contribution is -0.137. The van der Waals surface area contributed by atoms with Crippen LogP contribution in [0.5, 0.6) is 0 Å². The normalized spacial score (nSPS) is 12.2. The smallest absolute Gasteiger partial charge is 0.418 e. The van der Waals surface area contributed by atoms with Crippen LogP contribution in [0.1, 0.15) is 21.5 Å². The van der Waals surface area contributed by atoms with Gasteiger partial charge in [0.1, 0.15) is 11.1 Å². The minimum absolute atomic E-state index is 0.0478. The summed E-state index contributed by atoms with van der Waals surface area (Å²) in [4.78, 5) is 17.0. The molecule has 4 rings (SSSR count). The molecular weight excluding hydrogens is 405 g/mol. The van der Waals surface area contributed by atoms with Crippen molar-refractivity contribution in [3.8, 4) is 0 Å². The second-order valence-corrected chi connectivity index (χ2v) is 6.80. The van der Waals surface area contributed by atoms with Crippen molar-refractivity contribution in [3.63, 3.8) is 0 Å². The summed E-state index contributed by atoms with van der Waals surface area (Å²) in [6.07, 6.45) is -4.59. The van der Waals surface area contributed by atoms with E-state index in [0.29, 0.717) is 11.0 Å². The lowest BCUT2D eigenvalue weighted by Gasteiger charge is -2.10. The molecule has 0 unspecified atom stereocenters. The Morgan fingerprint density at radius 2 is 1.58 bits per heavy atom. The first kappa shape index (κ1) is 20.4. The predicted octanol–water partition coefficient (Wildman–Crippen LogP) is 5.61. The van der Waals surface area contributed by atoms with Gasteiger partial charge in [-0.2, -0.15) is 13.2 Å². The number of benzene rings is 3. The fourth-order valence-corrected chi connectivity index (χ4v) is 3.11. The summed E-state index contributed by atoms with van der Waals surface area (Å²) in [5.74, 6) is -0.499. The van der Waals surface area contributed by atoms with Crippen LogP contribution in [0.15, 0.2) is 94.3 Å². The van der Waals surface area contributed by atoms with Gasteiger partial charge in [0.25, 0.3) is 5.91 Å². The number of para-hydroxylation sites is 2. The molecule has 0 atom stereocenters. The predicted molar refractivity (Wildman–Crippen MR) is 110 cm³/mol. The number of rotatable bonds is 4. The average molecular weight is 422 g/mol. The molecule has 3 aromatic carbocycles. The number of nitrogens with one attached hydrogen (secondary N) is 1. The van der Waals surface area contributed by atoms with Gasteiger partial charge in [-0.05, 0) is 29.8 Å². The van der Waals surface area contributed by atoms with Gasteiger partial charge < -0.3 is 9.73 Å². The fourth-order valence-electron chi connectivity index (χ4n) is 3.11. The zero-order valence-corrected chi connectivity index (χ0v) is 16.2. The van der Waals surface area contributed by atoms with Crippen LogP contribution in [0.3, 0.4) is 0 Å². The van der Waals surface area contributed by atoms with Crippen LogP contribution in [-0.4, -0.2) is 5.91 Å². The third-order valence-corrected chi connectivity index (χ3v) is 4.63. The fraction of sp³-hybridized carbons (Fsp3) is 0.0833. The molecule has 0 aliphatic rings. The molecule has 1 aromatic heterocycles. The number of hydrogen-bond donors (Lipinski definition) is 1. The van der Waals surface area contributed by atoms with Crippen molar-refractivity contribution in [3.05, 3.63) is 107 Å². The average Bonchev–Trinajstić information content (AvgIpc) is 2.77. The van der Waals surface area contributed by atoms with E-state index in [1.807, 2.05) is 30.3 Å². The molecule has 0 radical (unpaired) electrons. The first-order valence-electron chi connectivity index (χ1n) is 9.48. The van der Waals surface area contributed by atoms with E-state index >= 15 is 0 Å². The monoisotopic (exact) mass is 422 g/mol. The summed E-state index contributed by atoms with van der Waals surface area (Å²) >= 11 is 0. The molecule has 0 aliphatic carbocycles. The molecule has 1 heterocycles. The molecule has 4 aromatic rings. The molecule has 0 saturated carbocycles. The van der Waals surface area contributed by atoms with Crippen molar-refractivity contribution >= 4 is 22.6 Å². The van der Waals surface area contributed by atoms with Crippen LogP contribution in [0.2, 0.25) is 0 Å². The summed E-state index contributed by atoms with van der Waals surface area (Å²) in [5.41, 5.74) is -0.0902. The van der Waals surface area contributed by atoms with Crippen molar-refractivity contribution < 1.29 is 22.4 Å². The van der Waals surface area contributed by atoms with Gasteiger partial charge in [0.2, 0.25) is 5.55 Å². The van der Waals surface area contributed by atoms with Crippen LogP contribution in [-0.2, 0) is 12.7 Å². The Kier molecular flexibility index (Phi) is 5.58. The molecule has 4 nitrogen and oxygen atoms in total. The van der Waals surface area contributed by atoms with E-state index in [1.165, 1.54) is 18.2 Å². The highest BCUT2D eigenvalue weighted by Gasteiger charge is 2.33. The van der Waals surface area contributed by atoms with E-state index in [9.17, 15) is 18.0 Å². The van der Waals surface area contributed by atoms with Crippen LogP contribution in [0, 0.1) is 0 Å². The minimum atomic E-state index is -4.59. The SMILES string of the molecule is O=C(NCc1ccccc1)c1cc2ccccc2oc1=Nc1ccccc1C(F)(F)F. The number of alkyl halides is 3. The summed E-state index contributed by atoms with van der Waals surface area (Å²) < 4.78 is 45.9. The molecule has 0 aliphatic heterocycles. The highest BCUT2D eigenvalue weighted by atomic mass is 19.4. The third-order valence-electron chi connectivity index (χ3n) is 4.63. The summed E-state index contributed by atoms with van der Waals surface area (Å²) in [6.45, 7) is 0.255. The van der Waals surface area contributed by atoms with E-state index < -0.39 is 17.6 Å². The Morgan fingerprint density at radius 3 is 2.35 bits per heavy atom. The van der Waals surface area contributed by atoms with Gasteiger partial charge in [-0.15, -0.1) is 0 Å². The van der Waals surface area contributed by atoms with Gasteiger partial charge in [0, 0.05) is 11.9 Å². The van der Waals surface area contributed by atoms with Crippen molar-refractivity contribution in [1.29, 1.82) is 0 Å². The summed E-state index contributed by atoms with van der Waals surface area (Å²) in [7, 11) is 0. The Balaban J connectivity index is 1.81. The van der Waals surface area contributed by atoms with Crippen LogP contribution in [0.4, 0.5) is 18.9 Å². The van der Waals surface area contributed by atoms with Crippen molar-refractivity contribution in [1.82, 2.24) is 5.32 Å². The maximum absolute atomic E-state index is 13.4. The lowest BCUT2D eigenvalue weighted by Crippen LogP contribution is -2.28. The van der Waals surface area contributed by atoms with Gasteiger partial charge >= 0.3 is 6.18 Å².